The van der Waals surface area contributed by atoms with Crippen molar-refractivity contribution in [2.75, 3.05) is 6.54 Å². The second-order valence-corrected chi connectivity index (χ2v) is 16.4. The molecule has 6 amide bonds. The molecule has 1 saturated heterocycles. The van der Waals surface area contributed by atoms with Gasteiger partial charge in [0.1, 0.15) is 18.1 Å². The van der Waals surface area contributed by atoms with Crippen molar-refractivity contribution >= 4 is 35.4 Å². The molecule has 1 heterocycles. The summed E-state index contributed by atoms with van der Waals surface area (Å²) in [4.78, 5) is 81.0. The highest BCUT2D eigenvalue weighted by atomic mass is 16.2. The van der Waals surface area contributed by atoms with Gasteiger partial charge in [0.15, 0.2) is 0 Å². The first kappa shape index (κ1) is 35.3. The minimum absolute atomic E-state index is 0.0658. The number of fused-ring (bicyclic) bond motifs is 2. The Labute approximate surface area is 283 Å². The van der Waals surface area contributed by atoms with Crippen LogP contribution in [0.25, 0.3) is 0 Å². The van der Waals surface area contributed by atoms with Crippen LogP contribution in [0.5, 0.6) is 0 Å². The topological polar surface area (TPSA) is 180 Å². The predicted molar refractivity (Wildman–Crippen MR) is 179 cm³/mol. The third-order valence-corrected chi connectivity index (χ3v) is 10.9. The van der Waals surface area contributed by atoms with E-state index in [0.29, 0.717) is 13.0 Å². The Hall–Kier alpha value is -3.96. The van der Waals surface area contributed by atoms with Gasteiger partial charge in [-0.3, -0.25) is 24.0 Å². The molecule has 3 aliphatic carbocycles. The van der Waals surface area contributed by atoms with Gasteiger partial charge in [-0.15, -0.1) is 0 Å². The molecule has 6 N–H and O–H groups in total. The SMILES string of the molecule is CC(C)[C@H](NC(=O)N[C@H](C(=O)N1C[C@H]2[C@@H]([C@H]1C(=O)NC(CC1CC1)C(=O)C(N)=O)C2(C)C)C(C)(C)C)C(=O)NC1Cc2ccccc2C1. The van der Waals surface area contributed by atoms with Crippen molar-refractivity contribution in [3.8, 4) is 0 Å². The average Bonchev–Trinajstić information content (AvgIpc) is 3.76. The number of urea groups is 1. The zero-order valence-electron chi connectivity index (χ0n) is 29.2. The number of ketones is 1. The van der Waals surface area contributed by atoms with E-state index in [0.717, 1.165) is 25.7 Å². The van der Waals surface area contributed by atoms with E-state index < -0.39 is 59.1 Å². The Bertz CT molecular complexity index is 1450. The Morgan fingerprint density at radius 2 is 1.56 bits per heavy atom. The van der Waals surface area contributed by atoms with Gasteiger partial charge in [0.2, 0.25) is 23.5 Å². The summed E-state index contributed by atoms with van der Waals surface area (Å²) in [6.45, 7) is 13.6. The molecule has 12 heteroatoms. The highest BCUT2D eigenvalue weighted by Gasteiger charge is 2.70. The molecule has 6 atom stereocenters. The Morgan fingerprint density at radius 3 is 2.08 bits per heavy atom. The number of hydrogen-bond acceptors (Lipinski definition) is 6. The fourth-order valence-electron chi connectivity index (χ4n) is 7.78. The Balaban J connectivity index is 1.27. The van der Waals surface area contributed by atoms with E-state index in [9.17, 15) is 28.8 Å². The van der Waals surface area contributed by atoms with Gasteiger partial charge in [-0.05, 0) is 64.9 Å². The number of rotatable bonds is 12. The van der Waals surface area contributed by atoms with E-state index in [2.05, 4.69) is 47.2 Å². The van der Waals surface area contributed by atoms with Crippen LogP contribution in [0, 0.1) is 34.5 Å². The van der Waals surface area contributed by atoms with Gasteiger partial charge in [-0.2, -0.15) is 0 Å². The van der Waals surface area contributed by atoms with Gasteiger partial charge in [0.05, 0.1) is 6.04 Å². The quantitative estimate of drug-likeness (QED) is 0.213. The van der Waals surface area contributed by atoms with Crippen LogP contribution < -0.4 is 27.0 Å². The first-order valence-electron chi connectivity index (χ1n) is 17.3. The molecule has 4 aliphatic rings. The highest BCUT2D eigenvalue weighted by molar-refractivity contribution is 6.37. The summed E-state index contributed by atoms with van der Waals surface area (Å²) in [7, 11) is 0. The van der Waals surface area contributed by atoms with E-state index in [4.69, 9.17) is 5.73 Å². The minimum atomic E-state index is -1.10. The van der Waals surface area contributed by atoms with Crippen molar-refractivity contribution in [2.24, 2.45) is 40.2 Å². The minimum Gasteiger partial charge on any atom is -0.363 e. The lowest BCUT2D eigenvalue weighted by atomic mass is 9.85. The zero-order valence-corrected chi connectivity index (χ0v) is 29.2. The second-order valence-electron chi connectivity index (χ2n) is 16.4. The van der Waals surface area contributed by atoms with Gasteiger partial charge in [-0.25, -0.2) is 4.79 Å². The molecule has 0 spiro atoms. The number of nitrogens with zero attached hydrogens (tertiary/aromatic N) is 1. The molecule has 5 rings (SSSR count). The number of likely N-dealkylation sites (tertiary alicyclic amines) is 1. The van der Waals surface area contributed by atoms with Crippen LogP contribution in [0.2, 0.25) is 0 Å². The lowest BCUT2D eigenvalue weighted by molar-refractivity contribution is -0.145. The van der Waals surface area contributed by atoms with Crippen LogP contribution in [-0.4, -0.2) is 77.1 Å². The zero-order chi connectivity index (χ0) is 35.3. The van der Waals surface area contributed by atoms with E-state index in [1.165, 1.54) is 16.0 Å². The van der Waals surface area contributed by atoms with Crippen molar-refractivity contribution < 1.29 is 28.8 Å². The summed E-state index contributed by atoms with van der Waals surface area (Å²) in [6.07, 6.45) is 3.61. The molecule has 0 bridgehead atoms. The van der Waals surface area contributed by atoms with Crippen molar-refractivity contribution in [3.63, 3.8) is 0 Å². The molecule has 2 saturated carbocycles. The van der Waals surface area contributed by atoms with Crippen LogP contribution in [0.3, 0.4) is 0 Å². The number of piperidine rings is 1. The van der Waals surface area contributed by atoms with Crippen LogP contribution in [0.1, 0.15) is 78.9 Å². The Kier molecular flexibility index (Phi) is 9.69. The molecule has 12 nitrogen and oxygen atoms in total. The Morgan fingerprint density at radius 1 is 0.958 bits per heavy atom. The number of benzene rings is 1. The standard InChI is InChI=1S/C36H52N6O6/c1-18(2)26(31(45)38-22-15-20-10-8-9-11-21(20)16-22)40-34(48)41-29(35(3,4)5)33(47)42-17-23-25(36(23,6)7)27(42)32(46)39-24(14-19-12-13-19)28(43)30(37)44/h8-11,18-19,22-27,29H,12-17H2,1-7H3,(H2,37,44)(H,38,45)(H,39,46)(H2,40,41,48)/t23-,24?,25-,26-,27-,29+/m0/s1. The van der Waals surface area contributed by atoms with Crippen molar-refractivity contribution in [1.29, 1.82) is 0 Å². The molecular weight excluding hydrogens is 612 g/mol. The highest BCUT2D eigenvalue weighted by Crippen LogP contribution is 2.65. The molecular formula is C36H52N6O6. The first-order chi connectivity index (χ1) is 22.4. The maximum Gasteiger partial charge on any atom is 0.316 e. The number of carbonyl (C=O) groups excluding carboxylic acids is 6. The van der Waals surface area contributed by atoms with Crippen molar-refractivity contribution in [1.82, 2.24) is 26.2 Å². The summed E-state index contributed by atoms with van der Waals surface area (Å²) in [5.74, 6) is -3.21. The largest absolute Gasteiger partial charge is 0.363 e. The summed E-state index contributed by atoms with van der Waals surface area (Å²) < 4.78 is 0. The fraction of sp³-hybridized carbons (Fsp3) is 0.667. The molecule has 1 aromatic carbocycles. The number of hydrogen-bond donors (Lipinski definition) is 5. The molecule has 1 unspecified atom stereocenters. The number of nitrogens with two attached hydrogens (primary N) is 1. The third-order valence-electron chi connectivity index (χ3n) is 10.9. The van der Waals surface area contributed by atoms with E-state index in [-0.39, 0.29) is 41.0 Å². The molecule has 48 heavy (non-hydrogen) atoms. The van der Waals surface area contributed by atoms with E-state index in [1.807, 2.05) is 46.8 Å². The summed E-state index contributed by atoms with van der Waals surface area (Å²) in [6, 6.07) is 3.57. The van der Waals surface area contributed by atoms with E-state index >= 15 is 0 Å². The number of Topliss-reactive ketones (excluding diaryl/α,β-unsaturated/α-hetero) is 1. The number of carbonyl (C=O) groups is 6. The second kappa shape index (κ2) is 13.2. The summed E-state index contributed by atoms with van der Waals surface area (Å²) in [5.41, 5.74) is 6.76. The van der Waals surface area contributed by atoms with Gasteiger partial charge in [0, 0.05) is 12.6 Å². The number of amides is 6. The summed E-state index contributed by atoms with van der Waals surface area (Å²) >= 11 is 0. The smallest absolute Gasteiger partial charge is 0.316 e. The molecule has 1 aliphatic heterocycles. The molecule has 0 radical (unpaired) electrons. The lowest BCUT2D eigenvalue weighted by Gasteiger charge is -2.38. The van der Waals surface area contributed by atoms with Crippen LogP contribution >= 0.6 is 0 Å². The lowest BCUT2D eigenvalue weighted by Crippen LogP contribution is -2.62. The van der Waals surface area contributed by atoms with Gasteiger partial charge < -0.3 is 31.9 Å². The predicted octanol–water partition coefficient (Wildman–Crippen LogP) is 1.83. The van der Waals surface area contributed by atoms with Crippen LogP contribution in [-0.2, 0) is 36.8 Å². The van der Waals surface area contributed by atoms with Crippen molar-refractivity contribution in [3.05, 3.63) is 35.4 Å². The van der Waals surface area contributed by atoms with Crippen molar-refractivity contribution in [2.45, 2.75) is 111 Å². The van der Waals surface area contributed by atoms with E-state index in [1.54, 1.807) is 0 Å². The normalized spacial score (nSPS) is 24.5. The molecule has 262 valence electrons. The van der Waals surface area contributed by atoms with Gasteiger partial charge >= 0.3 is 6.03 Å². The van der Waals surface area contributed by atoms with Crippen LogP contribution in [0.15, 0.2) is 24.3 Å². The number of nitrogens with one attached hydrogen (secondary N) is 4. The maximum absolute atomic E-state index is 14.3. The third kappa shape index (κ3) is 7.37. The maximum atomic E-state index is 14.3. The monoisotopic (exact) mass is 664 g/mol. The molecule has 0 aromatic heterocycles. The fourth-order valence-corrected chi connectivity index (χ4v) is 7.78. The molecule has 3 fully saturated rings. The van der Waals surface area contributed by atoms with Gasteiger partial charge in [0.25, 0.3) is 5.91 Å². The van der Waals surface area contributed by atoms with Gasteiger partial charge in [-0.1, -0.05) is 85.6 Å². The molecule has 1 aromatic rings. The van der Waals surface area contributed by atoms with Crippen LogP contribution in [0.4, 0.5) is 4.79 Å². The first-order valence-corrected chi connectivity index (χ1v) is 17.3. The number of primary amides is 1. The summed E-state index contributed by atoms with van der Waals surface area (Å²) in [5, 5.41) is 11.5. The average molecular weight is 665 g/mol.